The van der Waals surface area contributed by atoms with Crippen molar-refractivity contribution in [2.75, 3.05) is 0 Å². The predicted molar refractivity (Wildman–Crippen MR) is 130 cm³/mol. The summed E-state index contributed by atoms with van der Waals surface area (Å²) in [7, 11) is 0. The van der Waals surface area contributed by atoms with Crippen molar-refractivity contribution in [1.82, 2.24) is 0 Å². The van der Waals surface area contributed by atoms with Gasteiger partial charge < -0.3 is 0 Å². The van der Waals surface area contributed by atoms with Crippen molar-refractivity contribution in [1.29, 1.82) is 0 Å². The van der Waals surface area contributed by atoms with E-state index in [1.165, 1.54) is 51.4 Å². The fourth-order valence-electron chi connectivity index (χ4n) is 10.8. The number of rotatable bonds is 1. The van der Waals surface area contributed by atoms with E-state index in [1.54, 1.807) is 0 Å². The Balaban J connectivity index is 1.58. The lowest BCUT2D eigenvalue weighted by Gasteiger charge is -2.71. The normalized spacial score (nSPS) is 51.3. The summed E-state index contributed by atoms with van der Waals surface area (Å²) in [6, 6.07) is 0. The molecule has 0 aromatic rings. The zero-order valence-electron chi connectivity index (χ0n) is 21.8. The Labute approximate surface area is 192 Å². The van der Waals surface area contributed by atoms with E-state index >= 15 is 0 Å². The van der Waals surface area contributed by atoms with Crippen LogP contribution < -0.4 is 0 Å². The lowest BCUT2D eigenvalue weighted by molar-refractivity contribution is -0.210. The molecule has 4 fully saturated rings. The number of carbonyl (C=O) groups is 1. The maximum absolute atomic E-state index is 12.9. The maximum Gasteiger partial charge on any atom is 0.138 e. The molecule has 174 valence electrons. The predicted octanol–water partition coefficient (Wildman–Crippen LogP) is 8.38. The minimum atomic E-state index is -0.129. The zero-order valence-corrected chi connectivity index (χ0v) is 21.8. The molecule has 7 unspecified atom stereocenters. The van der Waals surface area contributed by atoms with Crippen molar-refractivity contribution < 1.29 is 4.79 Å². The Morgan fingerprint density at radius 2 is 1.45 bits per heavy atom. The molecule has 0 aromatic heterocycles. The average Bonchev–Trinajstić information content (AvgIpc) is 3.04. The quantitative estimate of drug-likeness (QED) is 0.386. The number of allylic oxidation sites excluding steroid dienone is 2. The van der Waals surface area contributed by atoms with Crippen LogP contribution in [-0.2, 0) is 4.79 Å². The zero-order chi connectivity index (χ0) is 22.6. The van der Waals surface area contributed by atoms with Gasteiger partial charge in [0.1, 0.15) is 5.78 Å². The smallest absolute Gasteiger partial charge is 0.138 e. The third-order valence-corrected chi connectivity index (χ3v) is 12.8. The molecule has 0 amide bonds. The average molecular weight is 425 g/mol. The van der Waals surface area contributed by atoms with Crippen LogP contribution in [0.2, 0.25) is 0 Å². The van der Waals surface area contributed by atoms with E-state index < -0.39 is 0 Å². The summed E-state index contributed by atoms with van der Waals surface area (Å²) in [6.45, 7) is 20.1. The highest BCUT2D eigenvalue weighted by atomic mass is 16.1. The minimum Gasteiger partial charge on any atom is -0.299 e. The van der Waals surface area contributed by atoms with E-state index in [0.29, 0.717) is 39.3 Å². The highest BCUT2D eigenvalue weighted by Gasteiger charge is 2.68. The number of ketones is 1. The topological polar surface area (TPSA) is 17.1 Å². The molecule has 5 aliphatic rings. The first kappa shape index (κ1) is 22.2. The summed E-state index contributed by atoms with van der Waals surface area (Å²) in [6.07, 6.45) is 12.9. The number of hydrogen-bond acceptors (Lipinski definition) is 1. The third kappa shape index (κ3) is 2.59. The van der Waals surface area contributed by atoms with Gasteiger partial charge in [0, 0.05) is 11.8 Å². The fourth-order valence-corrected chi connectivity index (χ4v) is 10.8. The molecule has 0 saturated heterocycles. The van der Waals surface area contributed by atoms with Gasteiger partial charge in [0.05, 0.1) is 0 Å². The van der Waals surface area contributed by atoms with E-state index in [-0.39, 0.29) is 5.41 Å². The molecule has 31 heavy (non-hydrogen) atoms. The highest BCUT2D eigenvalue weighted by molar-refractivity contribution is 5.85. The second-order valence-corrected chi connectivity index (χ2v) is 14.4. The molecule has 5 aliphatic carbocycles. The summed E-state index contributed by atoms with van der Waals surface area (Å²) >= 11 is 0. The summed E-state index contributed by atoms with van der Waals surface area (Å²) < 4.78 is 0. The Morgan fingerprint density at radius 3 is 2.13 bits per heavy atom. The molecule has 0 radical (unpaired) electrons. The molecule has 4 saturated carbocycles. The Kier molecular flexibility index (Phi) is 4.66. The molecule has 5 rings (SSSR count). The molecular formula is C30H48O. The summed E-state index contributed by atoms with van der Waals surface area (Å²) in [5, 5.41) is 0. The summed E-state index contributed by atoms with van der Waals surface area (Å²) in [5.41, 5.74) is 5.30. The van der Waals surface area contributed by atoms with Crippen LogP contribution in [0.4, 0.5) is 0 Å². The molecule has 0 spiro atoms. The van der Waals surface area contributed by atoms with E-state index in [0.717, 1.165) is 24.7 Å². The monoisotopic (exact) mass is 424 g/mol. The minimum absolute atomic E-state index is 0.129. The largest absolute Gasteiger partial charge is 0.299 e. The van der Waals surface area contributed by atoms with Crippen LogP contribution in [0.1, 0.15) is 120 Å². The van der Waals surface area contributed by atoms with E-state index in [9.17, 15) is 4.79 Å². The molecule has 0 N–H and O–H groups in total. The van der Waals surface area contributed by atoms with Crippen LogP contribution in [0.5, 0.6) is 0 Å². The Morgan fingerprint density at radius 1 is 0.742 bits per heavy atom. The van der Waals surface area contributed by atoms with Gasteiger partial charge in [0.2, 0.25) is 0 Å². The number of fused-ring (bicyclic) bond motifs is 7. The van der Waals surface area contributed by atoms with Crippen LogP contribution in [0.25, 0.3) is 0 Å². The van der Waals surface area contributed by atoms with Gasteiger partial charge in [-0.15, -0.1) is 0 Å². The maximum atomic E-state index is 12.9. The van der Waals surface area contributed by atoms with Gasteiger partial charge in [0.25, 0.3) is 0 Å². The SMILES string of the molecule is CC(C)C1=C2C3CCC4C5(C)CCC(=O)C(C)(C)C5CCC4(C)C3(C)CCC2(C)CC1. The van der Waals surface area contributed by atoms with Crippen molar-refractivity contribution in [2.45, 2.75) is 120 Å². The number of hydrogen-bond donors (Lipinski definition) is 0. The van der Waals surface area contributed by atoms with Crippen LogP contribution in [0, 0.1) is 50.7 Å². The lowest BCUT2D eigenvalue weighted by atomic mass is 9.33. The first-order chi connectivity index (χ1) is 14.3. The van der Waals surface area contributed by atoms with Gasteiger partial charge >= 0.3 is 0 Å². The lowest BCUT2D eigenvalue weighted by Crippen LogP contribution is -2.65. The standard InChI is InChI=1S/C30H48O/c1-19(2)20-11-14-27(5)17-18-29(7)21(25(20)27)9-10-23-28(6)15-13-24(31)26(3,4)22(28)12-16-30(23,29)8/h19,21-23H,9-18H2,1-8H3. The van der Waals surface area contributed by atoms with Gasteiger partial charge in [0.15, 0.2) is 0 Å². The van der Waals surface area contributed by atoms with E-state index in [1.807, 2.05) is 11.1 Å². The van der Waals surface area contributed by atoms with Crippen LogP contribution >= 0.6 is 0 Å². The van der Waals surface area contributed by atoms with Gasteiger partial charge in [-0.05, 0) is 103 Å². The Hall–Kier alpha value is -0.590. The Bertz CT molecular complexity index is 831. The van der Waals surface area contributed by atoms with Gasteiger partial charge in [-0.1, -0.05) is 66.5 Å². The molecule has 0 heterocycles. The first-order valence-corrected chi connectivity index (χ1v) is 13.6. The van der Waals surface area contributed by atoms with Crippen LogP contribution in [0.15, 0.2) is 11.1 Å². The van der Waals surface area contributed by atoms with Crippen LogP contribution in [0.3, 0.4) is 0 Å². The number of Topliss-reactive ketones (excluding diaryl/α,β-unsaturated/α-hetero) is 1. The molecule has 7 atom stereocenters. The van der Waals surface area contributed by atoms with Crippen molar-refractivity contribution >= 4 is 5.78 Å². The van der Waals surface area contributed by atoms with Crippen molar-refractivity contribution in [3.8, 4) is 0 Å². The van der Waals surface area contributed by atoms with Crippen molar-refractivity contribution in [3.63, 3.8) is 0 Å². The van der Waals surface area contributed by atoms with Gasteiger partial charge in [-0.25, -0.2) is 0 Å². The second kappa shape index (κ2) is 6.50. The van der Waals surface area contributed by atoms with E-state index in [2.05, 4.69) is 55.4 Å². The molecule has 0 aliphatic heterocycles. The molecule has 0 bridgehead atoms. The molecule has 0 aromatic carbocycles. The van der Waals surface area contributed by atoms with E-state index in [4.69, 9.17) is 0 Å². The van der Waals surface area contributed by atoms with Gasteiger partial charge in [-0.3, -0.25) is 4.79 Å². The second-order valence-electron chi connectivity index (χ2n) is 14.4. The van der Waals surface area contributed by atoms with Crippen molar-refractivity contribution in [2.24, 2.45) is 50.7 Å². The summed E-state index contributed by atoms with van der Waals surface area (Å²) in [4.78, 5) is 12.9. The van der Waals surface area contributed by atoms with Crippen LogP contribution in [-0.4, -0.2) is 5.78 Å². The molecular weight excluding hydrogens is 376 g/mol. The summed E-state index contributed by atoms with van der Waals surface area (Å²) in [5.74, 6) is 3.39. The molecule has 1 nitrogen and oxygen atoms in total. The third-order valence-electron chi connectivity index (χ3n) is 12.8. The number of carbonyl (C=O) groups excluding carboxylic acids is 1. The van der Waals surface area contributed by atoms with Crippen molar-refractivity contribution in [3.05, 3.63) is 11.1 Å². The highest BCUT2D eigenvalue weighted by Crippen LogP contribution is 2.76. The van der Waals surface area contributed by atoms with Gasteiger partial charge in [-0.2, -0.15) is 0 Å². The fraction of sp³-hybridized carbons (Fsp3) is 0.900. The first-order valence-electron chi connectivity index (χ1n) is 13.6. The molecule has 1 heteroatoms.